The molecular weight excluding hydrogens is 362 g/mol. The molecule has 2 saturated heterocycles. The van der Waals surface area contributed by atoms with E-state index in [-0.39, 0.29) is 0 Å². The number of hydrogen-bond acceptors (Lipinski definition) is 3. The monoisotopic (exact) mass is 401 g/mol. The van der Waals surface area contributed by atoms with Crippen LogP contribution < -0.4 is 5.32 Å². The highest BCUT2D eigenvalue weighted by Crippen LogP contribution is 2.18. The number of nitrogens with one attached hydrogen (secondary N) is 1. The van der Waals surface area contributed by atoms with Crippen LogP contribution in [0, 0.1) is 0 Å². The number of aryl methyl sites for hydroxylation is 1. The summed E-state index contributed by atoms with van der Waals surface area (Å²) in [5.74, 6) is 1.04. The molecule has 0 radical (unpaired) electrons. The van der Waals surface area contributed by atoms with Crippen LogP contribution in [-0.2, 0) is 15.9 Å². The van der Waals surface area contributed by atoms with E-state index in [0.717, 1.165) is 58.1 Å². The predicted molar refractivity (Wildman–Crippen MR) is 119 cm³/mol. The fourth-order valence-electron chi connectivity index (χ4n) is 4.22. The Hall–Kier alpha value is -1.59. The van der Waals surface area contributed by atoms with Gasteiger partial charge in [0.25, 0.3) is 0 Å². The second-order valence-electron chi connectivity index (χ2n) is 8.28. The Labute approximate surface area is 176 Å². The fourth-order valence-corrected chi connectivity index (χ4v) is 4.22. The number of guanidine groups is 1. The standard InChI is InChI=1S/C24H39N3O2/c1-25-24(26-16-8-3-6-12-21-10-4-2-5-11-21)27-17-14-22(15-18-27)29-20-23-13-7-9-19-28-23/h2,4-5,10-11,22-23H,3,6-9,12-20H2,1H3,(H,25,26). The summed E-state index contributed by atoms with van der Waals surface area (Å²) >= 11 is 0. The summed E-state index contributed by atoms with van der Waals surface area (Å²) in [5, 5.41) is 3.55. The normalized spacial score (nSPS) is 21.3. The van der Waals surface area contributed by atoms with Crippen LogP contribution in [0.3, 0.4) is 0 Å². The van der Waals surface area contributed by atoms with Crippen LogP contribution in [0.4, 0.5) is 0 Å². The maximum atomic E-state index is 6.13. The third kappa shape index (κ3) is 7.98. The van der Waals surface area contributed by atoms with Crippen molar-refractivity contribution in [3.05, 3.63) is 35.9 Å². The lowest BCUT2D eigenvalue weighted by molar-refractivity contribution is -0.0721. The summed E-state index contributed by atoms with van der Waals surface area (Å²) in [6, 6.07) is 10.8. The van der Waals surface area contributed by atoms with Crippen molar-refractivity contribution in [3.63, 3.8) is 0 Å². The molecule has 5 nitrogen and oxygen atoms in total. The summed E-state index contributed by atoms with van der Waals surface area (Å²) in [4.78, 5) is 6.87. The minimum Gasteiger partial charge on any atom is -0.376 e. The number of hydrogen-bond donors (Lipinski definition) is 1. The molecule has 0 amide bonds. The first-order valence-corrected chi connectivity index (χ1v) is 11.6. The van der Waals surface area contributed by atoms with Crippen LogP contribution in [0.15, 0.2) is 35.3 Å². The van der Waals surface area contributed by atoms with Crippen LogP contribution in [0.2, 0.25) is 0 Å². The maximum absolute atomic E-state index is 6.13. The number of nitrogens with zero attached hydrogens (tertiary/aromatic N) is 2. The zero-order valence-electron chi connectivity index (χ0n) is 18.2. The van der Waals surface area contributed by atoms with Gasteiger partial charge < -0.3 is 19.7 Å². The Balaban J connectivity index is 1.25. The van der Waals surface area contributed by atoms with Crippen molar-refractivity contribution in [3.8, 4) is 0 Å². The topological polar surface area (TPSA) is 46.1 Å². The van der Waals surface area contributed by atoms with Crippen LogP contribution in [0.1, 0.15) is 56.9 Å². The van der Waals surface area contributed by atoms with E-state index in [0.29, 0.717) is 12.2 Å². The first-order chi connectivity index (χ1) is 14.3. The molecule has 1 unspecified atom stereocenters. The molecule has 1 aromatic carbocycles. The van der Waals surface area contributed by atoms with Crippen molar-refractivity contribution in [2.24, 2.45) is 4.99 Å². The van der Waals surface area contributed by atoms with Crippen molar-refractivity contribution in [2.75, 3.05) is 39.9 Å². The molecule has 0 saturated carbocycles. The molecule has 2 fully saturated rings. The van der Waals surface area contributed by atoms with E-state index in [2.05, 4.69) is 45.5 Å². The third-order valence-electron chi connectivity index (χ3n) is 6.01. The van der Waals surface area contributed by atoms with Gasteiger partial charge >= 0.3 is 0 Å². The van der Waals surface area contributed by atoms with Crippen molar-refractivity contribution in [2.45, 2.75) is 70.0 Å². The van der Waals surface area contributed by atoms with Gasteiger partial charge in [0.2, 0.25) is 0 Å². The molecule has 3 rings (SSSR count). The van der Waals surface area contributed by atoms with Crippen molar-refractivity contribution < 1.29 is 9.47 Å². The van der Waals surface area contributed by atoms with Gasteiger partial charge in [0, 0.05) is 33.3 Å². The molecule has 1 atom stereocenters. The molecule has 2 heterocycles. The highest BCUT2D eigenvalue weighted by atomic mass is 16.5. The number of piperidine rings is 1. The lowest BCUT2D eigenvalue weighted by Gasteiger charge is -2.35. The molecule has 0 aliphatic carbocycles. The minimum atomic E-state index is 0.318. The van der Waals surface area contributed by atoms with Crippen LogP contribution >= 0.6 is 0 Å². The van der Waals surface area contributed by atoms with E-state index in [1.54, 1.807) is 0 Å². The smallest absolute Gasteiger partial charge is 0.193 e. The second-order valence-corrected chi connectivity index (χ2v) is 8.28. The van der Waals surface area contributed by atoms with Crippen molar-refractivity contribution in [1.29, 1.82) is 0 Å². The van der Waals surface area contributed by atoms with E-state index in [1.807, 2.05) is 7.05 Å². The van der Waals surface area contributed by atoms with E-state index >= 15 is 0 Å². The van der Waals surface area contributed by atoms with Crippen molar-refractivity contribution >= 4 is 5.96 Å². The Kier molecular flexibility index (Phi) is 9.80. The van der Waals surface area contributed by atoms with Gasteiger partial charge in [-0.2, -0.15) is 0 Å². The van der Waals surface area contributed by atoms with Gasteiger partial charge in [0.15, 0.2) is 5.96 Å². The Morgan fingerprint density at radius 1 is 1.10 bits per heavy atom. The third-order valence-corrected chi connectivity index (χ3v) is 6.01. The maximum Gasteiger partial charge on any atom is 0.193 e. The van der Waals surface area contributed by atoms with E-state index in [1.165, 1.54) is 44.1 Å². The van der Waals surface area contributed by atoms with Gasteiger partial charge in [-0.25, -0.2) is 0 Å². The number of unbranched alkanes of at least 4 members (excludes halogenated alkanes) is 2. The molecule has 5 heteroatoms. The first-order valence-electron chi connectivity index (χ1n) is 11.6. The molecule has 1 N–H and O–H groups in total. The number of aliphatic imine (C=N–C) groups is 1. The molecule has 0 spiro atoms. The van der Waals surface area contributed by atoms with Gasteiger partial charge in [-0.05, 0) is 56.9 Å². The minimum absolute atomic E-state index is 0.318. The Morgan fingerprint density at radius 2 is 1.93 bits per heavy atom. The zero-order chi connectivity index (χ0) is 20.2. The summed E-state index contributed by atoms with van der Waals surface area (Å²) < 4.78 is 11.9. The second kappa shape index (κ2) is 12.9. The van der Waals surface area contributed by atoms with Gasteiger partial charge in [0.1, 0.15) is 0 Å². The Bertz CT molecular complexity index is 579. The lowest BCUT2D eigenvalue weighted by atomic mass is 10.1. The molecule has 1 aromatic rings. The van der Waals surface area contributed by atoms with Gasteiger partial charge in [0.05, 0.1) is 18.8 Å². The van der Waals surface area contributed by atoms with Crippen LogP contribution in [0.25, 0.3) is 0 Å². The first kappa shape index (κ1) is 22.1. The largest absolute Gasteiger partial charge is 0.376 e. The average Bonchev–Trinajstić information content (AvgIpc) is 2.79. The van der Waals surface area contributed by atoms with E-state index < -0.39 is 0 Å². The number of likely N-dealkylation sites (tertiary alicyclic amines) is 1. The van der Waals surface area contributed by atoms with Crippen LogP contribution in [0.5, 0.6) is 0 Å². The van der Waals surface area contributed by atoms with Gasteiger partial charge in [-0.15, -0.1) is 0 Å². The molecule has 2 aliphatic rings. The van der Waals surface area contributed by atoms with Crippen molar-refractivity contribution in [1.82, 2.24) is 10.2 Å². The van der Waals surface area contributed by atoms with E-state index in [9.17, 15) is 0 Å². The van der Waals surface area contributed by atoms with Crippen LogP contribution in [-0.4, -0.2) is 63.0 Å². The zero-order valence-corrected chi connectivity index (χ0v) is 18.2. The lowest BCUT2D eigenvalue weighted by Crippen LogP contribution is -2.47. The average molecular weight is 402 g/mol. The summed E-state index contributed by atoms with van der Waals surface area (Å²) in [7, 11) is 1.89. The highest BCUT2D eigenvalue weighted by molar-refractivity contribution is 5.79. The molecule has 0 bridgehead atoms. The number of ether oxygens (including phenoxy) is 2. The molecule has 29 heavy (non-hydrogen) atoms. The van der Waals surface area contributed by atoms with E-state index in [4.69, 9.17) is 9.47 Å². The number of benzene rings is 1. The van der Waals surface area contributed by atoms with Gasteiger partial charge in [-0.3, -0.25) is 4.99 Å². The quantitative estimate of drug-likeness (QED) is 0.386. The summed E-state index contributed by atoms with van der Waals surface area (Å²) in [6.07, 6.45) is 11.3. The summed E-state index contributed by atoms with van der Waals surface area (Å²) in [6.45, 7) is 4.70. The van der Waals surface area contributed by atoms with Gasteiger partial charge in [-0.1, -0.05) is 36.8 Å². The fraction of sp³-hybridized carbons (Fsp3) is 0.708. The molecular formula is C24H39N3O2. The Morgan fingerprint density at radius 3 is 2.66 bits per heavy atom. The summed E-state index contributed by atoms with van der Waals surface area (Å²) in [5.41, 5.74) is 1.44. The highest BCUT2D eigenvalue weighted by Gasteiger charge is 2.23. The number of rotatable bonds is 9. The molecule has 162 valence electrons. The molecule has 2 aliphatic heterocycles. The SMILES string of the molecule is CN=C(NCCCCCc1ccccc1)N1CCC(OCC2CCCCO2)CC1. The predicted octanol–water partition coefficient (Wildman–Crippen LogP) is 4.02. The molecule has 0 aromatic heterocycles.